The number of carbonyl (C=O) groups is 1. The molecular weight excluding hydrogens is 375 g/mol. The summed E-state index contributed by atoms with van der Waals surface area (Å²) in [7, 11) is 0. The van der Waals surface area contributed by atoms with Crippen LogP contribution in [-0.4, -0.2) is 11.1 Å². The van der Waals surface area contributed by atoms with Gasteiger partial charge < -0.3 is 5.11 Å². The summed E-state index contributed by atoms with van der Waals surface area (Å²) < 4.78 is 1.31. The van der Waals surface area contributed by atoms with Crippen LogP contribution >= 0.6 is 22.6 Å². The molecule has 0 spiro atoms. The van der Waals surface area contributed by atoms with Gasteiger partial charge in [0.15, 0.2) is 0 Å². The van der Waals surface area contributed by atoms with Gasteiger partial charge in [-0.3, -0.25) is 4.79 Å². The highest BCUT2D eigenvalue weighted by atomic mass is 127. The maximum atomic E-state index is 9.00. The Morgan fingerprint density at radius 2 is 1.38 bits per heavy atom. The Balaban J connectivity index is 0.000000491. The molecule has 0 unspecified atom stereocenters. The highest BCUT2D eigenvalue weighted by Crippen LogP contribution is 2.34. The lowest BCUT2D eigenvalue weighted by atomic mass is 9.82. The van der Waals surface area contributed by atoms with Crippen molar-refractivity contribution in [1.29, 1.82) is 0 Å². The number of carboxylic acid groups (broad SMARTS) is 1. The van der Waals surface area contributed by atoms with Crippen LogP contribution in [0.2, 0.25) is 0 Å². The second-order valence-corrected chi connectivity index (χ2v) is 6.96. The van der Waals surface area contributed by atoms with Crippen LogP contribution in [0.4, 0.5) is 0 Å². The maximum Gasteiger partial charge on any atom is 0.300 e. The third-order valence-electron chi connectivity index (χ3n) is 2.90. The van der Waals surface area contributed by atoms with Crippen LogP contribution in [0.3, 0.4) is 0 Å². The van der Waals surface area contributed by atoms with Gasteiger partial charge >= 0.3 is 0 Å². The molecule has 0 bridgehead atoms. The molecule has 2 aromatic carbocycles. The molecule has 112 valence electrons. The SMILES string of the molecule is CC(=O)O.CC(C)(C)c1ccccc1-c1ccccc1I. The van der Waals surface area contributed by atoms with Crippen molar-refractivity contribution in [3.05, 3.63) is 57.7 Å². The van der Waals surface area contributed by atoms with Crippen molar-refractivity contribution in [1.82, 2.24) is 0 Å². The van der Waals surface area contributed by atoms with E-state index in [2.05, 4.69) is 91.9 Å². The topological polar surface area (TPSA) is 37.3 Å². The number of rotatable bonds is 1. The van der Waals surface area contributed by atoms with E-state index in [1.54, 1.807) is 0 Å². The molecule has 0 fully saturated rings. The molecule has 0 aliphatic rings. The second kappa shape index (κ2) is 7.59. The van der Waals surface area contributed by atoms with Crippen molar-refractivity contribution in [3.63, 3.8) is 0 Å². The minimum absolute atomic E-state index is 0.176. The van der Waals surface area contributed by atoms with Gasteiger partial charge in [-0.15, -0.1) is 0 Å². The quantitative estimate of drug-likeness (QED) is 0.661. The summed E-state index contributed by atoms with van der Waals surface area (Å²) in [6, 6.07) is 17.3. The predicted octanol–water partition coefficient (Wildman–Crippen LogP) is 5.35. The van der Waals surface area contributed by atoms with Crippen LogP contribution in [0, 0.1) is 3.57 Å². The smallest absolute Gasteiger partial charge is 0.300 e. The average Bonchev–Trinajstić information content (AvgIpc) is 2.38. The first-order chi connectivity index (χ1) is 9.73. The molecular formula is C18H21IO2. The van der Waals surface area contributed by atoms with Gasteiger partial charge in [0.2, 0.25) is 0 Å². The first-order valence-corrected chi connectivity index (χ1v) is 7.85. The van der Waals surface area contributed by atoms with Gasteiger partial charge in [-0.25, -0.2) is 0 Å². The molecule has 2 aromatic rings. The Hall–Kier alpha value is -1.36. The van der Waals surface area contributed by atoms with Crippen LogP contribution in [0.5, 0.6) is 0 Å². The molecule has 3 heteroatoms. The number of hydrogen-bond acceptors (Lipinski definition) is 1. The molecule has 0 aliphatic heterocycles. The molecule has 21 heavy (non-hydrogen) atoms. The molecule has 0 aromatic heterocycles. The molecule has 2 rings (SSSR count). The first-order valence-electron chi connectivity index (χ1n) is 6.77. The summed E-state index contributed by atoms with van der Waals surface area (Å²) >= 11 is 2.41. The fourth-order valence-corrected chi connectivity index (χ4v) is 2.73. The highest BCUT2D eigenvalue weighted by molar-refractivity contribution is 14.1. The van der Waals surface area contributed by atoms with Crippen molar-refractivity contribution < 1.29 is 9.90 Å². The van der Waals surface area contributed by atoms with Crippen molar-refractivity contribution >= 4 is 28.6 Å². The Labute approximate surface area is 140 Å². The maximum absolute atomic E-state index is 9.00. The second-order valence-electron chi connectivity index (χ2n) is 5.79. The van der Waals surface area contributed by atoms with E-state index in [1.165, 1.54) is 20.3 Å². The summed E-state index contributed by atoms with van der Waals surface area (Å²) in [5.41, 5.74) is 4.27. The fraction of sp³-hybridized carbons (Fsp3) is 0.278. The van der Waals surface area contributed by atoms with Gasteiger partial charge in [-0.2, -0.15) is 0 Å². The van der Waals surface area contributed by atoms with Crippen molar-refractivity contribution in [2.24, 2.45) is 0 Å². The number of aliphatic carboxylic acids is 1. The van der Waals surface area contributed by atoms with E-state index >= 15 is 0 Å². The van der Waals surface area contributed by atoms with Crippen LogP contribution < -0.4 is 0 Å². The summed E-state index contributed by atoms with van der Waals surface area (Å²) in [6.45, 7) is 7.88. The molecule has 1 N–H and O–H groups in total. The largest absolute Gasteiger partial charge is 0.481 e. The molecule has 0 saturated heterocycles. The molecule has 0 atom stereocenters. The van der Waals surface area contributed by atoms with Gasteiger partial charge in [0, 0.05) is 10.5 Å². The zero-order valence-electron chi connectivity index (χ0n) is 12.9. The van der Waals surface area contributed by atoms with Gasteiger partial charge in [-0.1, -0.05) is 63.2 Å². The molecule has 2 nitrogen and oxygen atoms in total. The Morgan fingerprint density at radius 3 is 1.86 bits per heavy atom. The summed E-state index contributed by atoms with van der Waals surface area (Å²) in [4.78, 5) is 9.00. The van der Waals surface area contributed by atoms with E-state index < -0.39 is 5.97 Å². The predicted molar refractivity (Wildman–Crippen MR) is 96.6 cm³/mol. The Bertz CT molecular complexity index is 609. The van der Waals surface area contributed by atoms with Gasteiger partial charge in [0.05, 0.1) is 0 Å². The van der Waals surface area contributed by atoms with Gasteiger partial charge in [-0.05, 0) is 50.8 Å². The first kappa shape index (κ1) is 17.7. The van der Waals surface area contributed by atoms with E-state index in [1.807, 2.05) is 0 Å². The van der Waals surface area contributed by atoms with E-state index in [-0.39, 0.29) is 5.41 Å². The molecule has 0 amide bonds. The molecule has 0 radical (unpaired) electrons. The summed E-state index contributed by atoms with van der Waals surface area (Å²) in [5.74, 6) is -0.833. The van der Waals surface area contributed by atoms with Gasteiger partial charge in [0.25, 0.3) is 5.97 Å². The van der Waals surface area contributed by atoms with Crippen molar-refractivity contribution in [3.8, 4) is 11.1 Å². The Morgan fingerprint density at radius 1 is 0.952 bits per heavy atom. The number of hydrogen-bond donors (Lipinski definition) is 1. The lowest BCUT2D eigenvalue weighted by Crippen LogP contribution is -2.12. The fourth-order valence-electron chi connectivity index (χ4n) is 2.05. The van der Waals surface area contributed by atoms with Crippen LogP contribution in [0.1, 0.15) is 33.3 Å². The summed E-state index contributed by atoms with van der Waals surface area (Å²) in [6.07, 6.45) is 0. The third kappa shape index (κ3) is 5.50. The highest BCUT2D eigenvalue weighted by Gasteiger charge is 2.18. The molecule has 0 saturated carbocycles. The monoisotopic (exact) mass is 396 g/mol. The lowest BCUT2D eigenvalue weighted by Gasteiger charge is -2.23. The summed E-state index contributed by atoms with van der Waals surface area (Å²) in [5, 5.41) is 7.42. The Kier molecular flexibility index (Phi) is 6.40. The van der Waals surface area contributed by atoms with E-state index in [9.17, 15) is 0 Å². The lowest BCUT2D eigenvalue weighted by molar-refractivity contribution is -0.134. The van der Waals surface area contributed by atoms with E-state index in [0.717, 1.165) is 6.92 Å². The standard InChI is InChI=1S/C16H17I.C2H4O2/c1-16(2,3)14-10-6-4-8-12(14)13-9-5-7-11-15(13)17;1-2(3)4/h4-11H,1-3H3;1H3,(H,3,4). The molecule has 0 heterocycles. The van der Waals surface area contributed by atoms with Crippen LogP contribution in [0.15, 0.2) is 48.5 Å². The zero-order chi connectivity index (χ0) is 16.0. The number of carboxylic acids is 1. The molecule has 0 aliphatic carbocycles. The van der Waals surface area contributed by atoms with E-state index in [0.29, 0.717) is 0 Å². The third-order valence-corrected chi connectivity index (χ3v) is 3.84. The van der Waals surface area contributed by atoms with Gasteiger partial charge in [0.1, 0.15) is 0 Å². The van der Waals surface area contributed by atoms with Crippen LogP contribution in [-0.2, 0) is 10.2 Å². The number of halogens is 1. The average molecular weight is 396 g/mol. The van der Waals surface area contributed by atoms with E-state index in [4.69, 9.17) is 9.90 Å². The normalized spacial score (nSPS) is 10.5. The minimum Gasteiger partial charge on any atom is -0.481 e. The van der Waals surface area contributed by atoms with Crippen molar-refractivity contribution in [2.75, 3.05) is 0 Å². The minimum atomic E-state index is -0.833. The zero-order valence-corrected chi connectivity index (χ0v) is 15.0. The van der Waals surface area contributed by atoms with Crippen molar-refractivity contribution in [2.45, 2.75) is 33.1 Å². The van der Waals surface area contributed by atoms with Crippen LogP contribution in [0.25, 0.3) is 11.1 Å². The number of benzene rings is 2.